The molecule has 7 heteroatoms. The minimum atomic E-state index is -3.51. The largest absolute Gasteiger partial charge is 0.241 e. The molecule has 1 aromatic heterocycles. The molecule has 29 heavy (non-hydrogen) atoms. The first kappa shape index (κ1) is 23.0. The first-order valence-corrected chi connectivity index (χ1v) is 11.8. The monoisotopic (exact) mass is 419 g/mol. The van der Waals surface area contributed by atoms with Crippen molar-refractivity contribution in [3.05, 3.63) is 47.4 Å². The van der Waals surface area contributed by atoms with Crippen molar-refractivity contribution in [2.75, 3.05) is 17.6 Å². The minimum Gasteiger partial charge on any atom is -0.241 e. The van der Waals surface area contributed by atoms with Gasteiger partial charge < -0.3 is 0 Å². The summed E-state index contributed by atoms with van der Waals surface area (Å²) in [6.45, 7) is 6.18. The molecule has 0 spiro atoms. The Morgan fingerprint density at radius 2 is 1.79 bits per heavy atom. The van der Waals surface area contributed by atoms with E-state index in [4.69, 9.17) is 0 Å². The third-order valence-corrected chi connectivity index (χ3v) is 5.82. The Balaban J connectivity index is 2.66. The number of halogens is 1. The summed E-state index contributed by atoms with van der Waals surface area (Å²) in [6, 6.07) is 6.06. The normalized spacial score (nSPS) is 12.1. The second-order valence-corrected chi connectivity index (χ2v) is 9.48. The second-order valence-electron chi connectivity index (χ2n) is 7.46. The summed E-state index contributed by atoms with van der Waals surface area (Å²) in [5, 5.41) is 0. The van der Waals surface area contributed by atoms with Gasteiger partial charge in [-0.2, -0.15) is 0 Å². The van der Waals surface area contributed by atoms with Gasteiger partial charge in [0.25, 0.3) is 0 Å². The highest BCUT2D eigenvalue weighted by atomic mass is 32.2. The van der Waals surface area contributed by atoms with Crippen LogP contribution < -0.4 is 4.31 Å². The van der Waals surface area contributed by atoms with Crippen molar-refractivity contribution in [1.29, 1.82) is 0 Å². The number of hydrogen-bond acceptors (Lipinski definition) is 4. The van der Waals surface area contributed by atoms with Crippen LogP contribution in [0.15, 0.2) is 30.3 Å². The summed E-state index contributed by atoms with van der Waals surface area (Å²) >= 11 is 0. The molecule has 0 radical (unpaired) electrons. The summed E-state index contributed by atoms with van der Waals surface area (Å²) in [6.07, 6.45) is 9.60. The standard InChI is InChI=1S/C22H30FN3O2S/c1-6-7-8-9-10-11-19-20(16(2)3)24-22(26(4)29(5,27)28)25-21(19)17-12-14-18(23)15-13-17/h10-16H,6-9H2,1-5H3/b11-10+. The van der Waals surface area contributed by atoms with Crippen LogP contribution in [0.4, 0.5) is 10.3 Å². The maximum atomic E-state index is 13.5. The van der Waals surface area contributed by atoms with Crippen molar-refractivity contribution in [2.24, 2.45) is 0 Å². The van der Waals surface area contributed by atoms with Crippen molar-refractivity contribution in [3.8, 4) is 11.3 Å². The molecule has 1 aromatic carbocycles. The van der Waals surface area contributed by atoms with E-state index >= 15 is 0 Å². The molecule has 5 nitrogen and oxygen atoms in total. The summed E-state index contributed by atoms with van der Waals surface area (Å²) in [4.78, 5) is 9.13. The summed E-state index contributed by atoms with van der Waals surface area (Å²) in [7, 11) is -2.08. The molecule has 2 aromatic rings. The summed E-state index contributed by atoms with van der Waals surface area (Å²) < 4.78 is 38.6. The Morgan fingerprint density at radius 1 is 1.14 bits per heavy atom. The van der Waals surface area contributed by atoms with Gasteiger partial charge in [0.15, 0.2) is 0 Å². The average molecular weight is 420 g/mol. The fourth-order valence-electron chi connectivity index (χ4n) is 2.91. The van der Waals surface area contributed by atoms with E-state index in [2.05, 4.69) is 23.0 Å². The molecule has 0 unspecified atom stereocenters. The Bertz CT molecular complexity index is 955. The fourth-order valence-corrected chi connectivity index (χ4v) is 3.29. The lowest BCUT2D eigenvalue weighted by atomic mass is 9.97. The van der Waals surface area contributed by atoms with E-state index in [9.17, 15) is 12.8 Å². The van der Waals surface area contributed by atoms with Gasteiger partial charge in [-0.15, -0.1) is 0 Å². The van der Waals surface area contributed by atoms with E-state index in [1.807, 2.05) is 19.9 Å². The van der Waals surface area contributed by atoms with Gasteiger partial charge in [-0.25, -0.2) is 27.1 Å². The van der Waals surface area contributed by atoms with Crippen molar-refractivity contribution >= 4 is 22.0 Å². The maximum absolute atomic E-state index is 13.5. The number of anilines is 1. The second kappa shape index (κ2) is 9.96. The number of sulfonamides is 1. The molecule has 0 aliphatic heterocycles. The molecule has 2 rings (SSSR count). The lowest BCUT2D eigenvalue weighted by Gasteiger charge is -2.20. The van der Waals surface area contributed by atoms with E-state index < -0.39 is 10.0 Å². The van der Waals surface area contributed by atoms with Crippen LogP contribution in [0.1, 0.15) is 63.6 Å². The Labute approximate surface area is 173 Å². The molecular formula is C22H30FN3O2S. The Kier molecular flexibility index (Phi) is 7.90. The number of benzene rings is 1. The van der Waals surface area contributed by atoms with Crippen molar-refractivity contribution in [3.63, 3.8) is 0 Å². The van der Waals surface area contributed by atoms with Crippen LogP contribution in [-0.4, -0.2) is 31.7 Å². The first-order chi connectivity index (χ1) is 13.6. The molecule has 1 heterocycles. The minimum absolute atomic E-state index is 0.0548. The number of allylic oxidation sites excluding steroid dienone is 1. The van der Waals surface area contributed by atoms with Crippen LogP contribution in [0.2, 0.25) is 0 Å². The number of nitrogens with zero attached hydrogens (tertiary/aromatic N) is 3. The molecule has 0 amide bonds. The van der Waals surface area contributed by atoms with Gasteiger partial charge in [0.2, 0.25) is 16.0 Å². The molecule has 0 N–H and O–H groups in total. The lowest BCUT2D eigenvalue weighted by Crippen LogP contribution is -2.27. The Hall–Kier alpha value is -2.28. The van der Waals surface area contributed by atoms with Gasteiger partial charge in [-0.1, -0.05) is 45.8 Å². The van der Waals surface area contributed by atoms with Crippen LogP contribution in [0, 0.1) is 5.82 Å². The third-order valence-electron chi connectivity index (χ3n) is 4.67. The van der Waals surface area contributed by atoms with Crippen LogP contribution in [0.3, 0.4) is 0 Å². The molecule has 0 atom stereocenters. The first-order valence-electron chi connectivity index (χ1n) is 9.93. The van der Waals surface area contributed by atoms with Gasteiger partial charge in [-0.3, -0.25) is 0 Å². The SMILES string of the molecule is CCCCC/C=C/c1c(-c2ccc(F)cc2)nc(N(C)S(C)(=O)=O)nc1C(C)C. The maximum Gasteiger partial charge on any atom is 0.239 e. The third kappa shape index (κ3) is 6.10. The highest BCUT2D eigenvalue weighted by molar-refractivity contribution is 7.92. The van der Waals surface area contributed by atoms with Gasteiger partial charge in [0.05, 0.1) is 17.6 Å². The van der Waals surface area contributed by atoms with Crippen LogP contribution in [0.5, 0.6) is 0 Å². The predicted octanol–water partition coefficient (Wildman–Crippen LogP) is 5.40. The van der Waals surface area contributed by atoms with Crippen molar-refractivity contribution in [2.45, 2.75) is 52.4 Å². The van der Waals surface area contributed by atoms with Crippen molar-refractivity contribution < 1.29 is 12.8 Å². The lowest BCUT2D eigenvalue weighted by molar-refractivity contribution is 0.599. The van der Waals surface area contributed by atoms with E-state index in [-0.39, 0.29) is 17.7 Å². The van der Waals surface area contributed by atoms with Gasteiger partial charge in [0, 0.05) is 18.2 Å². The van der Waals surface area contributed by atoms with Crippen LogP contribution in [0.25, 0.3) is 17.3 Å². The highest BCUT2D eigenvalue weighted by Gasteiger charge is 2.22. The molecule has 0 aliphatic carbocycles. The number of hydrogen-bond donors (Lipinski definition) is 0. The number of unbranched alkanes of at least 4 members (excludes halogenated alkanes) is 3. The van der Waals surface area contributed by atoms with E-state index in [1.54, 1.807) is 12.1 Å². The molecule has 0 saturated carbocycles. The molecule has 158 valence electrons. The molecule has 0 aliphatic rings. The highest BCUT2D eigenvalue weighted by Crippen LogP contribution is 2.31. The van der Waals surface area contributed by atoms with Gasteiger partial charge >= 0.3 is 0 Å². The topological polar surface area (TPSA) is 63.2 Å². The smallest absolute Gasteiger partial charge is 0.239 e. The Morgan fingerprint density at radius 3 is 2.34 bits per heavy atom. The number of rotatable bonds is 9. The molecule has 0 saturated heterocycles. The quantitative estimate of drug-likeness (QED) is 0.511. The van der Waals surface area contributed by atoms with E-state index in [1.165, 1.54) is 25.6 Å². The van der Waals surface area contributed by atoms with Gasteiger partial charge in [0.1, 0.15) is 5.82 Å². The van der Waals surface area contributed by atoms with E-state index in [0.717, 1.165) is 41.1 Å². The van der Waals surface area contributed by atoms with Crippen LogP contribution >= 0.6 is 0 Å². The van der Waals surface area contributed by atoms with E-state index in [0.29, 0.717) is 11.3 Å². The van der Waals surface area contributed by atoms with Crippen LogP contribution in [-0.2, 0) is 10.0 Å². The number of aromatic nitrogens is 2. The molecule has 0 fully saturated rings. The zero-order valence-corrected chi connectivity index (χ0v) is 18.6. The molecular weight excluding hydrogens is 389 g/mol. The summed E-state index contributed by atoms with van der Waals surface area (Å²) in [5.41, 5.74) is 2.92. The zero-order valence-electron chi connectivity index (χ0n) is 17.8. The summed E-state index contributed by atoms with van der Waals surface area (Å²) in [5.74, 6) is -0.171. The fraction of sp³-hybridized carbons (Fsp3) is 0.455. The predicted molar refractivity (Wildman–Crippen MR) is 118 cm³/mol. The molecule has 0 bridgehead atoms. The average Bonchev–Trinajstić information content (AvgIpc) is 2.66. The van der Waals surface area contributed by atoms with Crippen molar-refractivity contribution in [1.82, 2.24) is 9.97 Å². The zero-order chi connectivity index (χ0) is 21.6. The van der Waals surface area contributed by atoms with Gasteiger partial charge in [-0.05, 0) is 43.0 Å².